The molecule has 21 heavy (non-hydrogen) atoms. The first kappa shape index (κ1) is 17.3. The molecule has 5 nitrogen and oxygen atoms in total. The highest BCUT2D eigenvalue weighted by Gasteiger charge is 2.03. The topological polar surface area (TPSA) is 70.6 Å². The van der Waals surface area contributed by atoms with Crippen molar-refractivity contribution in [2.45, 2.75) is 39.8 Å². The Morgan fingerprint density at radius 1 is 1.29 bits per heavy atom. The normalized spacial score (nSPS) is 12.0. The van der Waals surface area contributed by atoms with Gasteiger partial charge in [0.05, 0.1) is 12.7 Å². The van der Waals surface area contributed by atoms with Crippen molar-refractivity contribution in [3.8, 4) is 5.75 Å². The number of nitrogens with one attached hydrogen (secondary N) is 2. The first-order valence-corrected chi connectivity index (χ1v) is 7.39. The van der Waals surface area contributed by atoms with Gasteiger partial charge in [0.2, 0.25) is 0 Å². The minimum atomic E-state index is -0.403. The van der Waals surface area contributed by atoms with Crippen molar-refractivity contribution in [1.82, 2.24) is 10.6 Å². The number of rotatable bonds is 8. The summed E-state index contributed by atoms with van der Waals surface area (Å²) in [4.78, 5) is 11.6. The van der Waals surface area contributed by atoms with Crippen molar-refractivity contribution in [1.29, 1.82) is 0 Å². The summed E-state index contributed by atoms with van der Waals surface area (Å²) in [5.41, 5.74) is 0.988. The standard InChI is InChI=1S/C16H26N2O3/c1-12(2)11-21-15-6-4-5-14(9-15)10-18-16(20)17-8-7-13(3)19/h4-6,9,12-13,19H,7-8,10-11H2,1-3H3,(H2,17,18,20). The molecule has 5 heteroatoms. The summed E-state index contributed by atoms with van der Waals surface area (Å²) in [6.07, 6.45) is 0.145. The van der Waals surface area contributed by atoms with Gasteiger partial charge in [-0.05, 0) is 37.0 Å². The summed E-state index contributed by atoms with van der Waals surface area (Å²) < 4.78 is 5.65. The first-order chi connectivity index (χ1) is 9.97. The number of aliphatic hydroxyl groups excluding tert-OH is 1. The number of benzene rings is 1. The molecule has 0 saturated heterocycles. The molecule has 3 N–H and O–H groups in total. The van der Waals surface area contributed by atoms with E-state index in [1.165, 1.54) is 0 Å². The molecule has 0 aliphatic carbocycles. The van der Waals surface area contributed by atoms with Gasteiger partial charge < -0.3 is 20.5 Å². The minimum Gasteiger partial charge on any atom is -0.493 e. The van der Waals surface area contributed by atoms with E-state index in [1.807, 2.05) is 24.3 Å². The van der Waals surface area contributed by atoms with E-state index in [0.717, 1.165) is 11.3 Å². The molecule has 0 radical (unpaired) electrons. The Kier molecular flexibility index (Phi) is 7.61. The van der Waals surface area contributed by atoms with Crippen molar-refractivity contribution in [3.63, 3.8) is 0 Å². The van der Waals surface area contributed by atoms with Crippen LogP contribution in [0.2, 0.25) is 0 Å². The average molecular weight is 294 g/mol. The predicted molar refractivity (Wildman–Crippen MR) is 83.3 cm³/mol. The molecule has 118 valence electrons. The molecule has 2 amide bonds. The van der Waals surface area contributed by atoms with Gasteiger partial charge in [-0.1, -0.05) is 26.0 Å². The van der Waals surface area contributed by atoms with Crippen LogP contribution in [0.25, 0.3) is 0 Å². The van der Waals surface area contributed by atoms with Crippen LogP contribution in [-0.4, -0.2) is 30.4 Å². The third-order valence-electron chi connectivity index (χ3n) is 2.78. The summed E-state index contributed by atoms with van der Waals surface area (Å²) in [7, 11) is 0. The Hall–Kier alpha value is -1.75. The molecule has 0 spiro atoms. The number of amides is 2. The molecular weight excluding hydrogens is 268 g/mol. The molecule has 1 rings (SSSR count). The fraction of sp³-hybridized carbons (Fsp3) is 0.562. The van der Waals surface area contributed by atoms with Crippen LogP contribution in [0.4, 0.5) is 4.79 Å². The molecule has 1 atom stereocenters. The van der Waals surface area contributed by atoms with E-state index in [0.29, 0.717) is 32.0 Å². The fourth-order valence-electron chi connectivity index (χ4n) is 1.65. The van der Waals surface area contributed by atoms with E-state index < -0.39 is 6.10 Å². The van der Waals surface area contributed by atoms with Gasteiger partial charge in [-0.25, -0.2) is 4.79 Å². The number of carbonyl (C=O) groups excluding carboxylic acids is 1. The fourth-order valence-corrected chi connectivity index (χ4v) is 1.65. The molecule has 1 unspecified atom stereocenters. The molecule has 0 aliphatic rings. The zero-order chi connectivity index (χ0) is 15.7. The number of ether oxygens (including phenoxy) is 1. The molecule has 1 aromatic rings. The van der Waals surface area contributed by atoms with E-state index in [4.69, 9.17) is 9.84 Å². The van der Waals surface area contributed by atoms with Crippen molar-refractivity contribution < 1.29 is 14.6 Å². The van der Waals surface area contributed by atoms with Crippen LogP contribution in [-0.2, 0) is 6.54 Å². The summed E-state index contributed by atoms with van der Waals surface area (Å²) in [6.45, 7) is 7.48. The number of carbonyl (C=O) groups is 1. The summed E-state index contributed by atoms with van der Waals surface area (Å²) in [5.74, 6) is 1.30. The predicted octanol–water partition coefficient (Wildman–Crippen LogP) is 2.29. The molecule has 1 aromatic carbocycles. The third-order valence-corrected chi connectivity index (χ3v) is 2.78. The lowest BCUT2D eigenvalue weighted by Crippen LogP contribution is -2.36. The van der Waals surface area contributed by atoms with Crippen molar-refractivity contribution in [2.24, 2.45) is 5.92 Å². The lowest BCUT2D eigenvalue weighted by atomic mass is 10.2. The lowest BCUT2D eigenvalue weighted by molar-refractivity contribution is 0.183. The number of aliphatic hydroxyl groups is 1. The van der Waals surface area contributed by atoms with Crippen LogP contribution in [0, 0.1) is 5.92 Å². The Labute approximate surface area is 126 Å². The second-order valence-corrected chi connectivity index (χ2v) is 5.60. The largest absolute Gasteiger partial charge is 0.493 e. The Bertz CT molecular complexity index is 433. The van der Waals surface area contributed by atoms with Gasteiger partial charge in [-0.15, -0.1) is 0 Å². The highest BCUT2D eigenvalue weighted by molar-refractivity contribution is 5.73. The van der Waals surface area contributed by atoms with Crippen LogP contribution in [0.1, 0.15) is 32.8 Å². The van der Waals surface area contributed by atoms with Crippen LogP contribution in [0.15, 0.2) is 24.3 Å². The van der Waals surface area contributed by atoms with E-state index >= 15 is 0 Å². The quantitative estimate of drug-likeness (QED) is 0.689. The summed E-state index contributed by atoms with van der Waals surface area (Å²) in [6, 6.07) is 7.47. The van der Waals surface area contributed by atoms with Crippen molar-refractivity contribution >= 4 is 6.03 Å². The van der Waals surface area contributed by atoms with E-state index in [2.05, 4.69) is 24.5 Å². The molecule has 0 heterocycles. The van der Waals surface area contributed by atoms with Crippen LogP contribution < -0.4 is 15.4 Å². The highest BCUT2D eigenvalue weighted by Crippen LogP contribution is 2.14. The zero-order valence-corrected chi connectivity index (χ0v) is 13.1. The Morgan fingerprint density at radius 2 is 2.05 bits per heavy atom. The van der Waals surface area contributed by atoms with Gasteiger partial charge in [0.15, 0.2) is 0 Å². The summed E-state index contributed by atoms with van der Waals surface area (Å²) >= 11 is 0. The third kappa shape index (κ3) is 8.19. The van der Waals surface area contributed by atoms with Gasteiger partial charge in [0.25, 0.3) is 0 Å². The van der Waals surface area contributed by atoms with Gasteiger partial charge in [-0.3, -0.25) is 0 Å². The highest BCUT2D eigenvalue weighted by atomic mass is 16.5. The van der Waals surface area contributed by atoms with E-state index in [9.17, 15) is 4.79 Å². The molecule has 0 aromatic heterocycles. The molecule has 0 fully saturated rings. The second-order valence-electron chi connectivity index (χ2n) is 5.60. The molecule has 0 aliphatic heterocycles. The Morgan fingerprint density at radius 3 is 2.71 bits per heavy atom. The lowest BCUT2D eigenvalue weighted by Gasteiger charge is -2.11. The van der Waals surface area contributed by atoms with Crippen LogP contribution in [0.5, 0.6) is 5.75 Å². The van der Waals surface area contributed by atoms with E-state index in [-0.39, 0.29) is 6.03 Å². The van der Waals surface area contributed by atoms with E-state index in [1.54, 1.807) is 6.92 Å². The number of urea groups is 1. The monoisotopic (exact) mass is 294 g/mol. The number of hydrogen-bond donors (Lipinski definition) is 3. The van der Waals surface area contributed by atoms with Gasteiger partial charge in [0.1, 0.15) is 5.75 Å². The van der Waals surface area contributed by atoms with Gasteiger partial charge in [0, 0.05) is 13.1 Å². The molecule has 0 saturated carbocycles. The van der Waals surface area contributed by atoms with Crippen LogP contribution in [0.3, 0.4) is 0 Å². The molecule has 0 bridgehead atoms. The molecular formula is C16H26N2O3. The first-order valence-electron chi connectivity index (χ1n) is 7.39. The Balaban J connectivity index is 2.34. The van der Waals surface area contributed by atoms with Crippen molar-refractivity contribution in [2.75, 3.05) is 13.2 Å². The maximum absolute atomic E-state index is 11.6. The minimum absolute atomic E-state index is 0.232. The maximum atomic E-state index is 11.6. The summed E-state index contributed by atoms with van der Waals surface area (Å²) in [5, 5.41) is 14.6. The second kappa shape index (κ2) is 9.23. The van der Waals surface area contributed by atoms with Crippen LogP contribution >= 0.6 is 0 Å². The smallest absolute Gasteiger partial charge is 0.315 e. The van der Waals surface area contributed by atoms with Crippen molar-refractivity contribution in [3.05, 3.63) is 29.8 Å². The van der Waals surface area contributed by atoms with Gasteiger partial charge >= 0.3 is 6.03 Å². The number of hydrogen-bond acceptors (Lipinski definition) is 3. The van der Waals surface area contributed by atoms with Gasteiger partial charge in [-0.2, -0.15) is 0 Å². The SMILES string of the molecule is CC(C)COc1cccc(CNC(=O)NCCC(C)O)c1. The maximum Gasteiger partial charge on any atom is 0.315 e. The average Bonchev–Trinajstić information content (AvgIpc) is 2.43. The zero-order valence-electron chi connectivity index (χ0n) is 13.1.